The van der Waals surface area contributed by atoms with Crippen LogP contribution in [-0.4, -0.2) is 46.6 Å². The molecular weight excluding hydrogens is 404 g/mol. The molecule has 6 heteroatoms. The van der Waals surface area contributed by atoms with Gasteiger partial charge in [-0.25, -0.2) is 0 Å². The van der Waals surface area contributed by atoms with Gasteiger partial charge in [-0.15, -0.1) is 0 Å². The molecule has 0 unspecified atom stereocenters. The van der Waals surface area contributed by atoms with Crippen molar-refractivity contribution in [3.05, 3.63) is 70.8 Å². The molecule has 0 bridgehead atoms. The highest BCUT2D eigenvalue weighted by Gasteiger charge is 2.10. The highest BCUT2D eigenvalue weighted by Crippen LogP contribution is 2.32. The lowest BCUT2D eigenvalue weighted by atomic mass is 10.0. The third-order valence-corrected chi connectivity index (χ3v) is 5.47. The van der Waals surface area contributed by atoms with E-state index in [4.69, 9.17) is 0 Å². The van der Waals surface area contributed by atoms with Crippen LogP contribution in [0.3, 0.4) is 0 Å². The van der Waals surface area contributed by atoms with Gasteiger partial charge >= 0.3 is 0 Å². The largest absolute Gasteiger partial charge is 0.504 e. The summed E-state index contributed by atoms with van der Waals surface area (Å²) in [5.74, 6) is -0.132. The number of nitrogens with one attached hydrogen (secondary N) is 2. The first kappa shape index (κ1) is 25.3. The van der Waals surface area contributed by atoms with E-state index in [1.54, 1.807) is 12.1 Å². The van der Waals surface area contributed by atoms with E-state index in [0.29, 0.717) is 12.8 Å². The molecule has 0 aliphatic heterocycles. The molecule has 0 saturated carbocycles. The zero-order chi connectivity index (χ0) is 23.3. The third-order valence-electron chi connectivity index (χ3n) is 5.47. The molecule has 0 aliphatic carbocycles. The minimum absolute atomic E-state index is 0.00402. The highest BCUT2D eigenvalue weighted by atomic mass is 16.3. The Hall–Kier alpha value is -2.96. The van der Waals surface area contributed by atoms with Crippen LogP contribution < -0.4 is 10.6 Å². The summed E-state index contributed by atoms with van der Waals surface area (Å²) >= 11 is 0. The molecule has 0 aliphatic rings. The normalized spacial score (nSPS) is 11.7. The van der Waals surface area contributed by atoms with Crippen LogP contribution >= 0.6 is 0 Å². The molecule has 0 fully saturated rings. The van der Waals surface area contributed by atoms with Crippen molar-refractivity contribution in [1.29, 1.82) is 0 Å². The summed E-state index contributed by atoms with van der Waals surface area (Å²) in [6, 6.07) is 6.82. The molecule has 0 aromatic heterocycles. The van der Waals surface area contributed by atoms with Gasteiger partial charge in [0.05, 0.1) is 0 Å². The molecule has 2 aromatic rings. The van der Waals surface area contributed by atoms with Crippen LogP contribution in [0.15, 0.2) is 48.6 Å². The van der Waals surface area contributed by atoms with E-state index in [0.717, 1.165) is 61.3 Å². The van der Waals surface area contributed by atoms with E-state index in [1.165, 1.54) is 0 Å². The lowest BCUT2D eigenvalue weighted by molar-refractivity contribution is 0.399. The van der Waals surface area contributed by atoms with Crippen molar-refractivity contribution in [2.75, 3.05) is 26.2 Å². The summed E-state index contributed by atoms with van der Waals surface area (Å²) < 4.78 is 0. The fourth-order valence-corrected chi connectivity index (χ4v) is 3.70. The first-order valence-electron chi connectivity index (χ1n) is 11.3. The van der Waals surface area contributed by atoms with Crippen LogP contribution in [0.5, 0.6) is 23.0 Å². The van der Waals surface area contributed by atoms with E-state index in [1.807, 2.05) is 38.1 Å². The van der Waals surface area contributed by atoms with Crippen LogP contribution in [0.25, 0.3) is 0 Å². The smallest absolute Gasteiger partial charge is 0.160 e. The average molecular weight is 441 g/mol. The molecular formula is C26H36N2O4. The molecule has 6 N–H and O–H groups in total. The number of phenolic OH excluding ortho intramolecular Hbond substituents is 4. The van der Waals surface area contributed by atoms with Crippen LogP contribution in [0, 0.1) is 0 Å². The monoisotopic (exact) mass is 440 g/mol. The van der Waals surface area contributed by atoms with E-state index in [-0.39, 0.29) is 23.0 Å². The lowest BCUT2D eigenvalue weighted by Crippen LogP contribution is -2.18. The number of hydrogen-bond acceptors (Lipinski definition) is 6. The van der Waals surface area contributed by atoms with Crippen LogP contribution in [0.1, 0.15) is 36.1 Å². The Morgan fingerprint density at radius 3 is 1.44 bits per heavy atom. The summed E-state index contributed by atoms with van der Waals surface area (Å²) in [5, 5.41) is 45.8. The van der Waals surface area contributed by atoms with Crippen LogP contribution in [0.2, 0.25) is 0 Å². The number of hydrogen-bond donors (Lipinski definition) is 6. The fourth-order valence-electron chi connectivity index (χ4n) is 3.70. The predicted molar refractivity (Wildman–Crippen MR) is 130 cm³/mol. The zero-order valence-corrected chi connectivity index (χ0v) is 19.1. The van der Waals surface area contributed by atoms with Gasteiger partial charge in [-0.1, -0.05) is 50.3 Å². The van der Waals surface area contributed by atoms with Crippen molar-refractivity contribution < 1.29 is 20.4 Å². The highest BCUT2D eigenvalue weighted by molar-refractivity contribution is 5.49. The average Bonchev–Trinajstić information content (AvgIpc) is 2.79. The van der Waals surface area contributed by atoms with Crippen molar-refractivity contribution in [2.24, 2.45) is 0 Å². The molecule has 2 aromatic carbocycles. The molecule has 6 nitrogen and oxygen atoms in total. The summed E-state index contributed by atoms with van der Waals surface area (Å²) in [6.07, 6.45) is 11.1. The number of rotatable bonds is 13. The van der Waals surface area contributed by atoms with Gasteiger partial charge in [-0.3, -0.25) is 0 Å². The van der Waals surface area contributed by atoms with Gasteiger partial charge in [0.1, 0.15) is 0 Å². The lowest BCUT2D eigenvalue weighted by Gasteiger charge is -2.11. The molecule has 0 saturated heterocycles. The number of phenols is 4. The Morgan fingerprint density at radius 2 is 1.06 bits per heavy atom. The Morgan fingerprint density at radius 1 is 0.656 bits per heavy atom. The van der Waals surface area contributed by atoms with Crippen molar-refractivity contribution >= 4 is 0 Å². The number of benzene rings is 2. The predicted octanol–water partition coefficient (Wildman–Crippen LogP) is 3.71. The van der Waals surface area contributed by atoms with Crippen molar-refractivity contribution in [2.45, 2.75) is 39.5 Å². The summed E-state index contributed by atoms with van der Waals surface area (Å²) in [6.45, 7) is 7.03. The van der Waals surface area contributed by atoms with Gasteiger partial charge in [0.2, 0.25) is 0 Å². The van der Waals surface area contributed by atoms with E-state index >= 15 is 0 Å². The molecule has 174 valence electrons. The molecule has 0 heterocycles. The second-order valence-corrected chi connectivity index (χ2v) is 7.61. The second-order valence-electron chi connectivity index (χ2n) is 7.61. The Labute approximate surface area is 190 Å². The Bertz CT molecular complexity index is 847. The van der Waals surface area contributed by atoms with Gasteiger partial charge in [0.25, 0.3) is 0 Å². The quantitative estimate of drug-likeness (QED) is 0.161. The molecule has 0 atom stereocenters. The van der Waals surface area contributed by atoms with Gasteiger partial charge in [0.15, 0.2) is 23.0 Å². The Balaban J connectivity index is 1.60. The van der Waals surface area contributed by atoms with Crippen molar-refractivity contribution in [3.8, 4) is 23.0 Å². The summed E-state index contributed by atoms with van der Waals surface area (Å²) in [4.78, 5) is 0. The SMILES string of the molecule is CCc1c(CCNCC=CC=CCNCCc2ccc(O)c(O)c2CC)ccc(O)c1O. The maximum absolute atomic E-state index is 9.94. The molecule has 32 heavy (non-hydrogen) atoms. The van der Waals surface area contributed by atoms with Crippen molar-refractivity contribution in [3.63, 3.8) is 0 Å². The van der Waals surface area contributed by atoms with Gasteiger partial charge < -0.3 is 31.1 Å². The van der Waals surface area contributed by atoms with Gasteiger partial charge in [-0.05, 0) is 62.0 Å². The fraction of sp³-hybridized carbons (Fsp3) is 0.385. The zero-order valence-electron chi connectivity index (χ0n) is 19.1. The van der Waals surface area contributed by atoms with Gasteiger partial charge in [0, 0.05) is 24.2 Å². The summed E-state index contributed by atoms with van der Waals surface area (Å²) in [7, 11) is 0. The molecule has 0 radical (unpaired) electrons. The standard InChI is InChI=1S/C26H36N2O4/c1-3-21-19(9-11-23(29)25(21)31)13-17-27-15-7-5-6-8-16-28-18-14-20-10-12-24(30)26(32)22(20)4-2/h5-12,27-32H,3-4,13-18H2,1-2H3. The molecule has 2 rings (SSSR count). The Kier molecular flexibility index (Phi) is 10.6. The topological polar surface area (TPSA) is 105 Å². The van der Waals surface area contributed by atoms with Crippen molar-refractivity contribution in [1.82, 2.24) is 10.6 Å². The maximum atomic E-state index is 9.94. The first-order valence-corrected chi connectivity index (χ1v) is 11.3. The first-order chi connectivity index (χ1) is 15.5. The molecule has 0 spiro atoms. The third kappa shape index (κ3) is 7.32. The van der Waals surface area contributed by atoms with E-state index in [2.05, 4.69) is 22.8 Å². The second kappa shape index (κ2) is 13.5. The molecule has 0 amide bonds. The van der Waals surface area contributed by atoms with Gasteiger partial charge in [-0.2, -0.15) is 0 Å². The number of allylic oxidation sites excluding steroid dienone is 2. The van der Waals surface area contributed by atoms with E-state index in [9.17, 15) is 20.4 Å². The minimum atomic E-state index is -0.0619. The van der Waals surface area contributed by atoms with Crippen LogP contribution in [-0.2, 0) is 25.7 Å². The van der Waals surface area contributed by atoms with E-state index < -0.39 is 0 Å². The maximum Gasteiger partial charge on any atom is 0.160 e. The number of aromatic hydroxyl groups is 4. The minimum Gasteiger partial charge on any atom is -0.504 e. The summed E-state index contributed by atoms with van der Waals surface area (Å²) in [5.41, 5.74) is 3.73. The van der Waals surface area contributed by atoms with Crippen LogP contribution in [0.4, 0.5) is 0 Å².